The second kappa shape index (κ2) is 4.74. The third-order valence-electron chi connectivity index (χ3n) is 1.88. The summed E-state index contributed by atoms with van der Waals surface area (Å²) in [5, 5.41) is 26.2. The molecule has 3 N–H and O–H groups in total. The Morgan fingerprint density at radius 1 is 1.36 bits per heavy atom. The summed E-state index contributed by atoms with van der Waals surface area (Å²) >= 11 is 0. The molecule has 0 aliphatic rings. The average Bonchev–Trinajstić information content (AvgIpc) is 2.15. The first-order valence-electron chi connectivity index (χ1n) is 4.26. The summed E-state index contributed by atoms with van der Waals surface area (Å²) in [5.74, 6) is -0.861. The Bertz CT molecular complexity index is 320. The van der Waals surface area contributed by atoms with Crippen LogP contribution in [0.1, 0.15) is 23.8 Å². The van der Waals surface area contributed by atoms with Gasteiger partial charge in [0.25, 0.3) is 0 Å². The van der Waals surface area contributed by atoms with Crippen molar-refractivity contribution in [2.24, 2.45) is 0 Å². The molecule has 0 spiro atoms. The zero-order chi connectivity index (χ0) is 10.6. The van der Waals surface area contributed by atoms with Gasteiger partial charge in [-0.25, -0.2) is 0 Å². The largest absolute Gasteiger partial charge is 0.481 e. The van der Waals surface area contributed by atoms with Crippen molar-refractivity contribution in [3.05, 3.63) is 35.4 Å². The Morgan fingerprint density at radius 2 is 2.07 bits per heavy atom. The second-order valence-corrected chi connectivity index (χ2v) is 3.01. The molecule has 0 fully saturated rings. The van der Waals surface area contributed by atoms with Crippen LogP contribution < -0.4 is 0 Å². The van der Waals surface area contributed by atoms with Gasteiger partial charge >= 0.3 is 5.97 Å². The van der Waals surface area contributed by atoms with E-state index in [1.807, 2.05) is 0 Å². The SMILES string of the molecule is O=C(O)CCc1cccc(C(O)O)c1. The van der Waals surface area contributed by atoms with Crippen LogP contribution in [0, 0.1) is 0 Å². The highest BCUT2D eigenvalue weighted by molar-refractivity contribution is 5.67. The summed E-state index contributed by atoms with van der Waals surface area (Å²) in [6.45, 7) is 0. The number of rotatable bonds is 4. The van der Waals surface area contributed by atoms with Gasteiger partial charge in [-0.15, -0.1) is 0 Å². The molecule has 0 aliphatic heterocycles. The Balaban J connectivity index is 2.68. The van der Waals surface area contributed by atoms with Crippen LogP contribution in [0.4, 0.5) is 0 Å². The minimum absolute atomic E-state index is 0.0466. The zero-order valence-corrected chi connectivity index (χ0v) is 7.55. The van der Waals surface area contributed by atoms with E-state index in [0.717, 1.165) is 5.56 Å². The van der Waals surface area contributed by atoms with Gasteiger partial charge in [0.05, 0.1) is 0 Å². The molecule has 0 atom stereocenters. The zero-order valence-electron chi connectivity index (χ0n) is 7.55. The lowest BCUT2D eigenvalue weighted by Crippen LogP contribution is -1.99. The maximum atomic E-state index is 10.3. The lowest BCUT2D eigenvalue weighted by Gasteiger charge is -2.05. The summed E-state index contributed by atoms with van der Waals surface area (Å²) in [5.41, 5.74) is 1.17. The average molecular weight is 196 g/mol. The predicted molar refractivity (Wildman–Crippen MR) is 49.6 cm³/mol. The minimum atomic E-state index is -1.50. The van der Waals surface area contributed by atoms with Crippen LogP contribution in [0.25, 0.3) is 0 Å². The molecule has 0 amide bonds. The molecule has 0 heterocycles. The molecule has 1 aromatic rings. The lowest BCUT2D eigenvalue weighted by molar-refractivity contribution is -0.136. The highest BCUT2D eigenvalue weighted by atomic mass is 16.5. The van der Waals surface area contributed by atoms with Crippen LogP contribution in [-0.4, -0.2) is 21.3 Å². The number of carboxylic acid groups (broad SMARTS) is 1. The van der Waals surface area contributed by atoms with E-state index in [2.05, 4.69) is 0 Å². The second-order valence-electron chi connectivity index (χ2n) is 3.01. The maximum Gasteiger partial charge on any atom is 0.303 e. The summed E-state index contributed by atoms with van der Waals surface area (Å²) in [6.07, 6.45) is -1.05. The van der Waals surface area contributed by atoms with E-state index in [1.165, 1.54) is 0 Å². The van der Waals surface area contributed by atoms with Crippen molar-refractivity contribution in [3.63, 3.8) is 0 Å². The standard InChI is InChI=1S/C10H12O4/c11-9(12)5-4-7-2-1-3-8(6-7)10(13)14/h1-3,6,10,13-14H,4-5H2,(H,11,12). The topological polar surface area (TPSA) is 77.8 Å². The minimum Gasteiger partial charge on any atom is -0.481 e. The molecule has 0 aliphatic carbocycles. The highest BCUT2D eigenvalue weighted by Crippen LogP contribution is 2.13. The molecule has 0 radical (unpaired) electrons. The summed E-state index contributed by atoms with van der Waals surface area (Å²) in [7, 11) is 0. The highest BCUT2D eigenvalue weighted by Gasteiger charge is 2.04. The number of aliphatic hydroxyl groups is 2. The van der Waals surface area contributed by atoms with Crippen LogP contribution in [0.15, 0.2) is 24.3 Å². The van der Waals surface area contributed by atoms with Gasteiger partial charge < -0.3 is 15.3 Å². The first-order chi connectivity index (χ1) is 6.59. The van der Waals surface area contributed by atoms with Crippen molar-refractivity contribution >= 4 is 5.97 Å². The first-order valence-corrected chi connectivity index (χ1v) is 4.26. The van der Waals surface area contributed by atoms with Crippen LogP contribution in [-0.2, 0) is 11.2 Å². The van der Waals surface area contributed by atoms with E-state index in [-0.39, 0.29) is 6.42 Å². The van der Waals surface area contributed by atoms with Crippen LogP contribution in [0.2, 0.25) is 0 Å². The Morgan fingerprint density at radius 3 is 2.64 bits per heavy atom. The van der Waals surface area contributed by atoms with Gasteiger partial charge in [-0.05, 0) is 12.0 Å². The molecular formula is C10H12O4. The van der Waals surface area contributed by atoms with Crippen LogP contribution in [0.5, 0.6) is 0 Å². The Labute approximate surface area is 81.4 Å². The molecule has 0 bridgehead atoms. The molecule has 0 saturated carbocycles. The summed E-state index contributed by atoms with van der Waals surface area (Å²) in [4.78, 5) is 10.3. The monoisotopic (exact) mass is 196 g/mol. The van der Waals surface area contributed by atoms with E-state index in [1.54, 1.807) is 24.3 Å². The smallest absolute Gasteiger partial charge is 0.303 e. The van der Waals surface area contributed by atoms with Crippen molar-refractivity contribution < 1.29 is 20.1 Å². The van der Waals surface area contributed by atoms with Gasteiger partial charge in [-0.1, -0.05) is 24.3 Å². The molecule has 0 unspecified atom stereocenters. The molecular weight excluding hydrogens is 184 g/mol. The van der Waals surface area contributed by atoms with E-state index in [9.17, 15) is 4.79 Å². The summed E-state index contributed by atoms with van der Waals surface area (Å²) < 4.78 is 0. The number of hydrogen-bond donors (Lipinski definition) is 3. The number of carboxylic acids is 1. The van der Waals surface area contributed by atoms with Crippen LogP contribution in [0.3, 0.4) is 0 Å². The van der Waals surface area contributed by atoms with Gasteiger partial charge in [-0.3, -0.25) is 4.79 Å². The number of aryl methyl sites for hydroxylation is 1. The van der Waals surface area contributed by atoms with Crippen molar-refractivity contribution in [1.82, 2.24) is 0 Å². The third-order valence-corrected chi connectivity index (χ3v) is 1.88. The number of aliphatic hydroxyl groups excluding tert-OH is 1. The van der Waals surface area contributed by atoms with Crippen molar-refractivity contribution in [3.8, 4) is 0 Å². The molecule has 4 nitrogen and oxygen atoms in total. The van der Waals surface area contributed by atoms with Crippen molar-refractivity contribution in [2.75, 3.05) is 0 Å². The summed E-state index contributed by atoms with van der Waals surface area (Å²) in [6, 6.07) is 6.60. The third kappa shape index (κ3) is 3.16. The van der Waals surface area contributed by atoms with E-state index >= 15 is 0 Å². The van der Waals surface area contributed by atoms with E-state index in [0.29, 0.717) is 12.0 Å². The van der Waals surface area contributed by atoms with Gasteiger partial charge in [0.1, 0.15) is 0 Å². The molecule has 14 heavy (non-hydrogen) atoms. The molecule has 1 aromatic carbocycles. The predicted octanol–water partition coefficient (Wildman–Crippen LogP) is 0.687. The first kappa shape index (κ1) is 10.7. The molecule has 4 heteroatoms. The van der Waals surface area contributed by atoms with Crippen molar-refractivity contribution in [2.45, 2.75) is 19.1 Å². The van der Waals surface area contributed by atoms with Gasteiger partial charge in [-0.2, -0.15) is 0 Å². The van der Waals surface area contributed by atoms with Gasteiger partial charge in [0.2, 0.25) is 0 Å². The fraction of sp³-hybridized carbons (Fsp3) is 0.300. The normalized spacial score (nSPS) is 10.5. The van der Waals surface area contributed by atoms with Gasteiger partial charge in [0.15, 0.2) is 6.29 Å². The Hall–Kier alpha value is -1.39. The molecule has 0 saturated heterocycles. The number of aliphatic carboxylic acids is 1. The number of benzene rings is 1. The van der Waals surface area contributed by atoms with Crippen LogP contribution >= 0.6 is 0 Å². The molecule has 76 valence electrons. The fourth-order valence-corrected chi connectivity index (χ4v) is 1.16. The quantitative estimate of drug-likeness (QED) is 0.619. The van der Waals surface area contributed by atoms with E-state index < -0.39 is 12.3 Å². The Kier molecular flexibility index (Phi) is 3.62. The van der Waals surface area contributed by atoms with E-state index in [4.69, 9.17) is 15.3 Å². The lowest BCUT2D eigenvalue weighted by atomic mass is 10.1. The molecule has 0 aromatic heterocycles. The van der Waals surface area contributed by atoms with Gasteiger partial charge in [0, 0.05) is 12.0 Å². The fourth-order valence-electron chi connectivity index (χ4n) is 1.16. The number of hydrogen-bond acceptors (Lipinski definition) is 3. The number of carbonyl (C=O) groups is 1. The maximum absolute atomic E-state index is 10.3. The molecule has 1 rings (SSSR count). The van der Waals surface area contributed by atoms with Crippen molar-refractivity contribution in [1.29, 1.82) is 0 Å².